The summed E-state index contributed by atoms with van der Waals surface area (Å²) in [6.07, 6.45) is 8.24. The van der Waals surface area contributed by atoms with Crippen molar-refractivity contribution in [1.29, 1.82) is 0 Å². The van der Waals surface area contributed by atoms with E-state index in [4.69, 9.17) is 4.74 Å². The van der Waals surface area contributed by atoms with E-state index in [1.807, 2.05) is 46.0 Å². The quantitative estimate of drug-likeness (QED) is 0.496. The van der Waals surface area contributed by atoms with Crippen molar-refractivity contribution in [3.05, 3.63) is 30.0 Å². The largest absolute Gasteiger partial charge is 0.497 e. The zero-order chi connectivity index (χ0) is 17.5. The number of H-pyrrole nitrogens is 1. The number of amides is 1. The van der Waals surface area contributed by atoms with Crippen molar-refractivity contribution in [2.24, 2.45) is 0 Å². The second-order valence-electron chi connectivity index (χ2n) is 6.40. The molecule has 1 atom stereocenters. The second kappa shape index (κ2) is 9.43. The van der Waals surface area contributed by atoms with E-state index in [0.29, 0.717) is 13.0 Å². The summed E-state index contributed by atoms with van der Waals surface area (Å²) in [6.45, 7) is 0.679. The Morgan fingerprint density at radius 1 is 1.40 bits per heavy atom. The van der Waals surface area contributed by atoms with Crippen molar-refractivity contribution >= 4 is 38.4 Å². The van der Waals surface area contributed by atoms with Crippen LogP contribution in [0.2, 0.25) is 0 Å². The van der Waals surface area contributed by atoms with E-state index >= 15 is 0 Å². The second-order valence-corrected chi connectivity index (χ2v) is 9.19. The molecule has 0 spiro atoms. The first-order valence-electron chi connectivity index (χ1n) is 8.95. The number of ether oxygens (including phenoxy) is 1. The fraction of sp³-hybridized carbons (Fsp3) is 0.526. The van der Waals surface area contributed by atoms with Crippen LogP contribution in [0.4, 0.5) is 0 Å². The molecule has 1 aliphatic heterocycles. The number of rotatable bonds is 9. The van der Waals surface area contributed by atoms with E-state index in [0.717, 1.165) is 35.8 Å². The summed E-state index contributed by atoms with van der Waals surface area (Å²) in [5, 5.41) is 5.03. The number of hydrogen-bond donors (Lipinski definition) is 2. The monoisotopic (exact) mass is 378 g/mol. The molecular formula is C19H26N2O2S2. The predicted octanol–water partition coefficient (Wildman–Crippen LogP) is 4.55. The number of methoxy groups -OCH3 is 1. The number of aromatic amines is 1. The van der Waals surface area contributed by atoms with E-state index in [1.54, 1.807) is 7.11 Å². The highest BCUT2D eigenvalue weighted by atomic mass is 33.1. The molecule has 0 aliphatic carbocycles. The summed E-state index contributed by atoms with van der Waals surface area (Å²) in [4.78, 5) is 15.3. The number of fused-ring (bicyclic) bond motifs is 1. The minimum atomic E-state index is 0.172. The van der Waals surface area contributed by atoms with Crippen molar-refractivity contribution in [2.45, 2.75) is 43.8 Å². The van der Waals surface area contributed by atoms with Crippen molar-refractivity contribution in [2.75, 3.05) is 19.4 Å². The Morgan fingerprint density at radius 3 is 3.12 bits per heavy atom. The number of unbranched alkanes of at least 4 members (excludes halogenated alkanes) is 1. The third-order valence-electron chi connectivity index (χ3n) is 4.60. The maximum Gasteiger partial charge on any atom is 0.220 e. The summed E-state index contributed by atoms with van der Waals surface area (Å²) in [5.74, 6) is 2.32. The highest BCUT2D eigenvalue weighted by Crippen LogP contribution is 2.39. The first-order valence-corrected chi connectivity index (χ1v) is 11.3. The third kappa shape index (κ3) is 5.35. The van der Waals surface area contributed by atoms with Gasteiger partial charge in [0, 0.05) is 41.1 Å². The lowest BCUT2D eigenvalue weighted by Gasteiger charge is -2.07. The van der Waals surface area contributed by atoms with Crippen molar-refractivity contribution in [3.8, 4) is 5.75 Å². The fourth-order valence-corrected chi connectivity index (χ4v) is 6.17. The summed E-state index contributed by atoms with van der Waals surface area (Å²) < 4.78 is 5.29. The molecule has 0 bridgehead atoms. The Hall–Kier alpha value is -1.27. The van der Waals surface area contributed by atoms with Crippen molar-refractivity contribution in [1.82, 2.24) is 10.3 Å². The molecule has 0 saturated carbocycles. The van der Waals surface area contributed by atoms with Gasteiger partial charge in [-0.25, -0.2) is 0 Å². The SMILES string of the molecule is COc1ccc2[nH]cc(CCNC(=O)CCCC[C@H]3CCSS3)c2c1. The molecule has 6 heteroatoms. The molecule has 1 aromatic heterocycles. The van der Waals surface area contributed by atoms with Gasteiger partial charge < -0.3 is 15.0 Å². The van der Waals surface area contributed by atoms with Gasteiger partial charge in [-0.1, -0.05) is 28.0 Å². The molecule has 2 heterocycles. The van der Waals surface area contributed by atoms with Gasteiger partial charge in [0.1, 0.15) is 5.75 Å². The fourth-order valence-electron chi connectivity index (χ4n) is 3.14. The lowest BCUT2D eigenvalue weighted by atomic mass is 10.1. The van der Waals surface area contributed by atoms with Crippen LogP contribution in [0.25, 0.3) is 10.9 Å². The lowest BCUT2D eigenvalue weighted by Crippen LogP contribution is -2.25. The zero-order valence-electron chi connectivity index (χ0n) is 14.7. The van der Waals surface area contributed by atoms with Crippen LogP contribution in [-0.4, -0.2) is 35.5 Å². The maximum atomic E-state index is 12.0. The molecule has 0 unspecified atom stereocenters. The predicted molar refractivity (Wildman–Crippen MR) is 108 cm³/mol. The van der Waals surface area contributed by atoms with E-state index in [-0.39, 0.29) is 5.91 Å². The van der Waals surface area contributed by atoms with Gasteiger partial charge in [0.25, 0.3) is 0 Å². The molecule has 1 aromatic carbocycles. The number of benzene rings is 1. The van der Waals surface area contributed by atoms with E-state index in [9.17, 15) is 4.79 Å². The Bertz CT molecular complexity index is 696. The summed E-state index contributed by atoms with van der Waals surface area (Å²) >= 11 is 0. The molecule has 2 N–H and O–H groups in total. The van der Waals surface area contributed by atoms with Gasteiger partial charge in [-0.2, -0.15) is 0 Å². The van der Waals surface area contributed by atoms with Crippen LogP contribution in [0.1, 0.15) is 37.7 Å². The van der Waals surface area contributed by atoms with Crippen molar-refractivity contribution in [3.63, 3.8) is 0 Å². The topological polar surface area (TPSA) is 54.1 Å². The van der Waals surface area contributed by atoms with Gasteiger partial charge in [-0.05, 0) is 49.4 Å². The molecule has 4 nitrogen and oxygen atoms in total. The Morgan fingerprint density at radius 2 is 2.32 bits per heavy atom. The minimum Gasteiger partial charge on any atom is -0.497 e. The molecule has 1 saturated heterocycles. The zero-order valence-corrected chi connectivity index (χ0v) is 16.3. The van der Waals surface area contributed by atoms with Gasteiger partial charge in [0.05, 0.1) is 7.11 Å². The molecule has 3 rings (SSSR count). The highest BCUT2D eigenvalue weighted by molar-refractivity contribution is 8.77. The minimum absolute atomic E-state index is 0.172. The van der Waals surface area contributed by atoms with Crippen LogP contribution in [0, 0.1) is 0 Å². The van der Waals surface area contributed by atoms with Crippen LogP contribution in [0.5, 0.6) is 5.75 Å². The molecule has 1 fully saturated rings. The first-order chi connectivity index (χ1) is 12.3. The smallest absolute Gasteiger partial charge is 0.220 e. The average Bonchev–Trinajstić information content (AvgIpc) is 3.28. The van der Waals surface area contributed by atoms with Crippen molar-refractivity contribution < 1.29 is 9.53 Å². The Labute approximate surface area is 157 Å². The lowest BCUT2D eigenvalue weighted by molar-refractivity contribution is -0.121. The number of carbonyl (C=O) groups excluding carboxylic acids is 1. The van der Waals surface area contributed by atoms with Crippen LogP contribution < -0.4 is 10.1 Å². The molecule has 25 heavy (non-hydrogen) atoms. The van der Waals surface area contributed by atoms with Gasteiger partial charge in [0.15, 0.2) is 0 Å². The third-order valence-corrected chi connectivity index (χ3v) is 7.61. The van der Waals surface area contributed by atoms with Gasteiger partial charge in [-0.3, -0.25) is 4.79 Å². The van der Waals surface area contributed by atoms with Gasteiger partial charge >= 0.3 is 0 Å². The normalized spacial score (nSPS) is 17.1. The standard InChI is InChI=1S/C19H26N2O2S2/c1-23-15-6-7-18-17(12-15)14(13-21-18)8-10-20-19(22)5-3-2-4-16-9-11-24-25-16/h6-7,12-13,16,21H,2-5,8-11H2,1H3,(H,20,22)/t16-/m0/s1. The molecule has 0 radical (unpaired) electrons. The van der Waals surface area contributed by atoms with Crippen LogP contribution in [-0.2, 0) is 11.2 Å². The summed E-state index contributed by atoms with van der Waals surface area (Å²) in [7, 11) is 5.69. The van der Waals surface area contributed by atoms with Crippen LogP contribution in [0.3, 0.4) is 0 Å². The Balaban J connectivity index is 1.36. The average molecular weight is 379 g/mol. The number of hydrogen-bond acceptors (Lipinski definition) is 4. The van der Waals surface area contributed by atoms with E-state index < -0.39 is 0 Å². The summed E-state index contributed by atoms with van der Waals surface area (Å²) in [6, 6.07) is 6.02. The van der Waals surface area contributed by atoms with Gasteiger partial charge in [-0.15, -0.1) is 0 Å². The number of nitrogens with one attached hydrogen (secondary N) is 2. The van der Waals surface area contributed by atoms with Crippen LogP contribution >= 0.6 is 21.6 Å². The molecule has 2 aromatic rings. The summed E-state index contributed by atoms with van der Waals surface area (Å²) in [5.41, 5.74) is 2.31. The molecule has 1 aliphatic rings. The number of aromatic nitrogens is 1. The maximum absolute atomic E-state index is 12.0. The highest BCUT2D eigenvalue weighted by Gasteiger charge is 2.15. The van der Waals surface area contributed by atoms with E-state index in [2.05, 4.69) is 10.3 Å². The van der Waals surface area contributed by atoms with E-state index in [1.165, 1.54) is 29.5 Å². The molecule has 136 valence electrons. The number of carbonyl (C=O) groups is 1. The molecule has 1 amide bonds. The first kappa shape index (κ1) is 18.5. The van der Waals surface area contributed by atoms with Crippen LogP contribution in [0.15, 0.2) is 24.4 Å². The molecular weight excluding hydrogens is 352 g/mol. The Kier molecular flexibility index (Phi) is 6.99. The van der Waals surface area contributed by atoms with Gasteiger partial charge in [0.2, 0.25) is 5.91 Å².